The zero-order chi connectivity index (χ0) is 8.69. The van der Waals surface area contributed by atoms with Gasteiger partial charge in [0.2, 0.25) is 0 Å². The zero-order valence-corrected chi connectivity index (χ0v) is 6.56. The van der Waals surface area contributed by atoms with E-state index in [1.165, 1.54) is 12.2 Å². The Hall–Kier alpha value is -1.14. The van der Waals surface area contributed by atoms with Gasteiger partial charge in [-0.15, -0.1) is 0 Å². The highest BCUT2D eigenvalue weighted by molar-refractivity contribution is 8.12. The molecule has 0 fully saturated rings. The van der Waals surface area contributed by atoms with Crippen molar-refractivity contribution in [1.82, 2.24) is 0 Å². The van der Waals surface area contributed by atoms with Crippen molar-refractivity contribution in [1.29, 1.82) is 10.8 Å². The second-order valence-electron chi connectivity index (χ2n) is 1.50. The number of amidine groups is 1. The summed E-state index contributed by atoms with van der Waals surface area (Å²) in [5.74, 6) is 0.179. The van der Waals surface area contributed by atoms with E-state index in [0.29, 0.717) is 0 Å². The molecule has 0 bridgehead atoms. The van der Waals surface area contributed by atoms with Gasteiger partial charge in [0.1, 0.15) is 17.2 Å². The van der Waals surface area contributed by atoms with Crippen LogP contribution in [0.2, 0.25) is 0 Å². The Morgan fingerprint density at radius 1 is 1.45 bits per heavy atom. The predicted molar refractivity (Wildman–Crippen MR) is 49.1 cm³/mol. The number of nitrogens with one attached hydrogen (secondary N) is 2. The lowest BCUT2D eigenvalue weighted by molar-refractivity contribution is 1.50. The van der Waals surface area contributed by atoms with Gasteiger partial charge in [0.25, 0.3) is 0 Å². The molecule has 6 heteroatoms. The maximum atomic E-state index is 7.05. The van der Waals surface area contributed by atoms with Gasteiger partial charge in [0.05, 0.1) is 0 Å². The number of nitrogens with zero attached hydrogens (tertiary/aromatic N) is 1. The van der Waals surface area contributed by atoms with Gasteiger partial charge >= 0.3 is 0 Å². The minimum Gasteiger partial charge on any atom is -0.384 e. The molecular weight excluding hydrogens is 162 g/mol. The number of rotatable bonds is 3. The van der Waals surface area contributed by atoms with Gasteiger partial charge in [-0.1, -0.05) is 0 Å². The largest absolute Gasteiger partial charge is 0.384 e. The van der Waals surface area contributed by atoms with E-state index in [9.17, 15) is 0 Å². The highest BCUT2D eigenvalue weighted by atomic mass is 32.2. The van der Waals surface area contributed by atoms with Gasteiger partial charge in [-0.2, -0.15) is 0 Å². The van der Waals surface area contributed by atoms with E-state index >= 15 is 0 Å². The number of nitrogens with two attached hydrogens (primary N) is 2. The van der Waals surface area contributed by atoms with Crippen LogP contribution >= 0.6 is 11.9 Å². The van der Waals surface area contributed by atoms with E-state index in [1.54, 1.807) is 0 Å². The first kappa shape index (κ1) is 9.86. The van der Waals surface area contributed by atoms with Gasteiger partial charge in [-0.3, -0.25) is 16.0 Å². The molecular formula is C5H9N5S. The average Bonchev–Trinajstić information content (AvgIpc) is 2.01. The van der Waals surface area contributed by atoms with Crippen LogP contribution < -0.4 is 10.9 Å². The van der Waals surface area contributed by atoms with Crippen LogP contribution in [0, 0.1) is 10.8 Å². The van der Waals surface area contributed by atoms with Gasteiger partial charge < -0.3 is 5.73 Å². The molecule has 0 aliphatic carbocycles. The quantitative estimate of drug-likeness (QED) is 0.274. The minimum atomic E-state index is 0.179. The van der Waals surface area contributed by atoms with Crippen LogP contribution in [0.15, 0.2) is 17.1 Å². The Labute approximate surface area is 68.7 Å². The molecule has 0 rings (SSSR count). The van der Waals surface area contributed by atoms with E-state index in [4.69, 9.17) is 21.7 Å². The lowest BCUT2D eigenvalue weighted by Crippen LogP contribution is -2.08. The molecule has 0 atom stereocenters. The Balaban J connectivity index is 4.02. The molecule has 11 heavy (non-hydrogen) atoms. The van der Waals surface area contributed by atoms with E-state index in [2.05, 4.69) is 4.99 Å². The van der Waals surface area contributed by atoms with Gasteiger partial charge in [0, 0.05) is 0 Å². The fraction of sp³-hybridized carbons (Fsp3) is 0. The monoisotopic (exact) mass is 171 g/mol. The smallest absolute Gasteiger partial charge is 0.125 e. The molecule has 5 nitrogen and oxygen atoms in total. The molecule has 0 saturated carbocycles. The molecule has 0 aromatic carbocycles. The minimum absolute atomic E-state index is 0.179. The fourth-order valence-corrected chi connectivity index (χ4v) is 0.465. The van der Waals surface area contributed by atoms with Crippen LogP contribution in [0.4, 0.5) is 0 Å². The van der Waals surface area contributed by atoms with Crippen molar-refractivity contribution in [2.24, 2.45) is 15.9 Å². The molecule has 0 heterocycles. The summed E-state index contributed by atoms with van der Waals surface area (Å²) in [5, 5.41) is 18.8. The van der Waals surface area contributed by atoms with E-state index in [0.717, 1.165) is 18.3 Å². The van der Waals surface area contributed by atoms with Crippen LogP contribution in [0.3, 0.4) is 0 Å². The average molecular weight is 171 g/mol. The first-order chi connectivity index (χ1) is 5.20. The summed E-state index contributed by atoms with van der Waals surface area (Å²) in [6.45, 7) is 0. The fourth-order valence-electron chi connectivity index (χ4n) is 0.318. The lowest BCUT2D eigenvalue weighted by Gasteiger charge is -1.88. The molecule has 0 radical (unpaired) electrons. The summed E-state index contributed by atoms with van der Waals surface area (Å²) in [6, 6.07) is 0. The topological polar surface area (TPSA) is 112 Å². The number of aliphatic imine (C=N–C) groups is 1. The third-order valence-electron chi connectivity index (χ3n) is 0.746. The summed E-state index contributed by atoms with van der Waals surface area (Å²) < 4.78 is 0. The van der Waals surface area contributed by atoms with Crippen molar-refractivity contribution >= 4 is 29.2 Å². The molecule has 0 unspecified atom stereocenters. The van der Waals surface area contributed by atoms with Crippen LogP contribution in [-0.2, 0) is 0 Å². The summed E-state index contributed by atoms with van der Waals surface area (Å²) in [7, 11) is 0. The molecule has 60 valence electrons. The normalized spacial score (nSPS) is 11.9. The third-order valence-corrected chi connectivity index (χ3v) is 1.14. The Bertz CT molecular complexity index is 207. The molecule has 0 amide bonds. The van der Waals surface area contributed by atoms with E-state index in [-0.39, 0.29) is 10.9 Å². The summed E-state index contributed by atoms with van der Waals surface area (Å²) in [6.07, 6.45) is 3.65. The number of hydrogen-bond donors (Lipinski definition) is 4. The van der Waals surface area contributed by atoms with Crippen molar-refractivity contribution in [3.05, 3.63) is 12.2 Å². The Kier molecular flexibility index (Phi) is 5.05. The van der Waals surface area contributed by atoms with Crippen molar-refractivity contribution in [2.75, 3.05) is 0 Å². The van der Waals surface area contributed by atoms with Crippen LogP contribution in [0.1, 0.15) is 0 Å². The summed E-state index contributed by atoms with van der Waals surface area (Å²) in [5.41, 5.74) is 5.25. The summed E-state index contributed by atoms with van der Waals surface area (Å²) >= 11 is 0.814. The highest BCUT2D eigenvalue weighted by Gasteiger charge is 1.86. The first-order valence-electron chi connectivity index (χ1n) is 2.66. The molecule has 0 aliphatic rings. The zero-order valence-electron chi connectivity index (χ0n) is 5.74. The van der Waals surface area contributed by atoms with E-state index in [1.807, 2.05) is 0 Å². The van der Waals surface area contributed by atoms with E-state index < -0.39 is 0 Å². The molecule has 0 aromatic rings. The second-order valence-corrected chi connectivity index (χ2v) is 2.17. The Morgan fingerprint density at radius 2 is 2.09 bits per heavy atom. The molecule has 0 aliphatic heterocycles. The van der Waals surface area contributed by atoms with Gasteiger partial charge in [-0.05, 0) is 24.1 Å². The summed E-state index contributed by atoms with van der Waals surface area (Å²) in [4.78, 5) is 3.43. The van der Waals surface area contributed by atoms with Crippen LogP contribution in [0.5, 0.6) is 0 Å². The maximum absolute atomic E-state index is 7.05. The standard InChI is InChI=1S/C5H9N5S/c6-3-10-4(7)1-2-5(8)11-9/h1-3,8H,9H2,(H3,6,7,10)/b2-1-,8-5?. The van der Waals surface area contributed by atoms with Gasteiger partial charge in [-0.25, -0.2) is 4.99 Å². The van der Waals surface area contributed by atoms with Gasteiger partial charge in [0.15, 0.2) is 0 Å². The molecule has 6 N–H and O–H groups in total. The van der Waals surface area contributed by atoms with Crippen LogP contribution in [-0.4, -0.2) is 17.2 Å². The maximum Gasteiger partial charge on any atom is 0.125 e. The molecule has 0 saturated heterocycles. The SMILES string of the molecule is N=CN=C(N)/C=C\C(=N)SN. The second kappa shape index (κ2) is 5.63. The molecule has 0 spiro atoms. The van der Waals surface area contributed by atoms with Crippen molar-refractivity contribution in [3.63, 3.8) is 0 Å². The Morgan fingerprint density at radius 3 is 2.55 bits per heavy atom. The lowest BCUT2D eigenvalue weighted by atomic mass is 10.5. The number of hydrogen-bond acceptors (Lipinski definition) is 4. The molecule has 0 aromatic heterocycles. The van der Waals surface area contributed by atoms with Crippen LogP contribution in [0.25, 0.3) is 0 Å². The van der Waals surface area contributed by atoms with Crippen molar-refractivity contribution < 1.29 is 0 Å². The highest BCUT2D eigenvalue weighted by Crippen LogP contribution is 1.90. The first-order valence-corrected chi connectivity index (χ1v) is 3.54. The third kappa shape index (κ3) is 5.31. The predicted octanol–water partition coefficient (Wildman–Crippen LogP) is 0.0910. The van der Waals surface area contributed by atoms with Crippen molar-refractivity contribution in [2.45, 2.75) is 0 Å². The van der Waals surface area contributed by atoms with Crippen molar-refractivity contribution in [3.8, 4) is 0 Å².